The number of hydrogen-bond acceptors (Lipinski definition) is 13. The van der Waals surface area contributed by atoms with Crippen molar-refractivity contribution in [2.24, 2.45) is 0 Å². The van der Waals surface area contributed by atoms with Gasteiger partial charge in [0, 0.05) is 47.9 Å². The van der Waals surface area contributed by atoms with Gasteiger partial charge in [-0.3, -0.25) is 20.1 Å². The highest BCUT2D eigenvalue weighted by atomic mass is 19.4. The average Bonchev–Trinajstić information content (AvgIpc) is 4.08. The van der Waals surface area contributed by atoms with Crippen molar-refractivity contribution in [1.29, 1.82) is 0 Å². The Balaban J connectivity index is 1.16. The summed E-state index contributed by atoms with van der Waals surface area (Å²) in [4.78, 5) is 38.4. The second kappa shape index (κ2) is 17.9. The fourth-order valence-electron chi connectivity index (χ4n) is 7.54. The molecule has 2 fully saturated rings. The summed E-state index contributed by atoms with van der Waals surface area (Å²) in [6.07, 6.45) is -8.23. The maximum absolute atomic E-state index is 15.6. The molecule has 66 heavy (non-hydrogen) atoms. The van der Waals surface area contributed by atoms with Crippen LogP contribution in [0.1, 0.15) is 90.4 Å². The van der Waals surface area contributed by atoms with Gasteiger partial charge in [-0.1, -0.05) is 25.8 Å². The minimum Gasteiger partial charge on any atom is -0.467 e. The monoisotopic (exact) mass is 929 g/mol. The van der Waals surface area contributed by atoms with E-state index in [0.29, 0.717) is 22.8 Å². The number of carbonyl (C=O) groups excluding carboxylic acids is 2. The van der Waals surface area contributed by atoms with Crippen molar-refractivity contribution in [3.63, 3.8) is 0 Å². The van der Waals surface area contributed by atoms with E-state index in [1.54, 1.807) is 50.7 Å². The Bertz CT molecular complexity index is 2710. The first-order valence-corrected chi connectivity index (χ1v) is 21.2. The number of aromatic amines is 2. The van der Waals surface area contributed by atoms with Crippen LogP contribution in [0.15, 0.2) is 42.9 Å². The maximum atomic E-state index is 15.6. The third kappa shape index (κ3) is 10.2. The van der Waals surface area contributed by atoms with Crippen LogP contribution in [0.4, 0.5) is 54.9 Å². The summed E-state index contributed by atoms with van der Waals surface area (Å²) >= 11 is 0. The van der Waals surface area contributed by atoms with Gasteiger partial charge in [-0.25, -0.2) is 33.0 Å². The number of nitrogens with one attached hydrogen (secondary N) is 6. The summed E-state index contributed by atoms with van der Waals surface area (Å²) in [5.74, 6) is 0.0710. The molecule has 1 aliphatic heterocycles. The highest BCUT2D eigenvalue weighted by Crippen LogP contribution is 2.39. The molecular formula is C41H50F5N14O6+. The lowest BCUT2D eigenvalue weighted by molar-refractivity contribution is -0.645. The van der Waals surface area contributed by atoms with Gasteiger partial charge >= 0.3 is 18.4 Å². The number of hydrogen-bond donors (Lipinski definition) is 6. The van der Waals surface area contributed by atoms with Gasteiger partial charge in [-0.15, -0.1) is 4.68 Å². The zero-order valence-electron chi connectivity index (χ0n) is 36.9. The molecule has 0 spiro atoms. The lowest BCUT2D eigenvalue weighted by atomic mass is 9.92. The summed E-state index contributed by atoms with van der Waals surface area (Å²) in [6, 6.07) is 6.10. The van der Waals surface area contributed by atoms with Crippen LogP contribution in [0.3, 0.4) is 0 Å². The molecule has 1 aliphatic carbocycles. The quantitative estimate of drug-likeness (QED) is 0.0541. The van der Waals surface area contributed by atoms with Gasteiger partial charge in [0.15, 0.2) is 30.3 Å². The Hall–Kier alpha value is -6.79. The molecule has 2 aliphatic rings. The average molecular weight is 930 g/mol. The van der Waals surface area contributed by atoms with E-state index in [9.17, 15) is 22.8 Å². The first-order chi connectivity index (χ1) is 31.2. The summed E-state index contributed by atoms with van der Waals surface area (Å²) in [5.41, 5.74) is 1.91. The van der Waals surface area contributed by atoms with Gasteiger partial charge < -0.3 is 29.6 Å². The van der Waals surface area contributed by atoms with E-state index in [1.165, 1.54) is 27.4 Å². The molecule has 2 amide bonds. The number of aromatic nitrogens is 10. The van der Waals surface area contributed by atoms with Crippen LogP contribution >= 0.6 is 0 Å². The van der Waals surface area contributed by atoms with Crippen molar-refractivity contribution in [2.45, 2.75) is 122 Å². The standard InChI is InChI=1S/C41H49F5N14O6/c1-19(2)48-38(61)65-26-11-21(10-22(26)42)23-13-31(52-36-25-14-28(40(5,6)7)57-59(25)9-8-47-36)60(56-23)32-15-30-51-33(64-18-41(44,45)46)16-58(30)37(53-32)50-29-12-24(54-55-29)35-34(43)27(17-63-35)66-39(62)49-20(3)4/h8-9,12-16,19-22,26-27,34-35H,10-11,17-18H2,1-7H3,(H5,47,48,49,50,51,52,53,54,55,56,57,61,62)/p+1/t21-,22+,26-,27-,34+,35-/m0/s1. The molecule has 1 saturated carbocycles. The fourth-order valence-corrected chi connectivity index (χ4v) is 7.54. The first-order valence-electron chi connectivity index (χ1n) is 21.2. The molecule has 354 valence electrons. The van der Waals surface area contributed by atoms with Crippen LogP contribution in [0.2, 0.25) is 0 Å². The number of ether oxygens (including phenoxy) is 4. The maximum Gasteiger partial charge on any atom is 0.422 e. The van der Waals surface area contributed by atoms with Crippen LogP contribution < -0.4 is 30.7 Å². The van der Waals surface area contributed by atoms with Crippen LogP contribution in [0.5, 0.6) is 5.88 Å². The van der Waals surface area contributed by atoms with E-state index in [1.807, 2.05) is 26.8 Å². The molecule has 25 heteroatoms. The Labute approximate surface area is 373 Å². The van der Waals surface area contributed by atoms with Gasteiger partial charge in [0.25, 0.3) is 17.6 Å². The summed E-state index contributed by atoms with van der Waals surface area (Å²) < 4.78 is 96.8. The predicted molar refractivity (Wildman–Crippen MR) is 225 cm³/mol. The van der Waals surface area contributed by atoms with Gasteiger partial charge in [0.05, 0.1) is 36.0 Å². The Morgan fingerprint density at radius 1 is 0.955 bits per heavy atom. The Morgan fingerprint density at radius 2 is 1.68 bits per heavy atom. The minimum atomic E-state index is -4.66. The molecule has 20 nitrogen and oxygen atoms in total. The third-order valence-corrected chi connectivity index (χ3v) is 10.6. The number of halogens is 5. The molecule has 6 aromatic rings. The summed E-state index contributed by atoms with van der Waals surface area (Å²) in [6.45, 7) is 11.2. The molecule has 6 atom stereocenters. The number of anilines is 4. The van der Waals surface area contributed by atoms with Crippen LogP contribution in [-0.4, -0.2) is 112 Å². The SMILES string of the molecule is CC(C)NC(=O)O[C@H]1CO[C@@H](c2cc(Nc3nc(-[n+]4[nH]c([C@H]5C[C@@H](F)[C@@H](OC(=O)NC(C)C)C5)cc4Nc4nccn5nc(C(C)(C)C)cc45)cc4nc(OCC(F)(F)F)cn34)n[nH]2)[C@@H]1F. The van der Waals surface area contributed by atoms with Crippen molar-refractivity contribution in [3.05, 3.63) is 59.9 Å². The smallest absolute Gasteiger partial charge is 0.422 e. The predicted octanol–water partition coefficient (Wildman–Crippen LogP) is 6.46. The van der Waals surface area contributed by atoms with Crippen molar-refractivity contribution in [1.82, 2.24) is 54.9 Å². The molecule has 7 heterocycles. The molecular weight excluding hydrogens is 880 g/mol. The molecule has 0 unspecified atom stereocenters. The third-order valence-electron chi connectivity index (χ3n) is 10.6. The zero-order chi connectivity index (χ0) is 47.2. The molecule has 6 aromatic heterocycles. The van der Waals surface area contributed by atoms with E-state index < -0.39 is 61.5 Å². The van der Waals surface area contributed by atoms with Crippen LogP contribution in [0, 0.1) is 0 Å². The van der Waals surface area contributed by atoms with Gasteiger partial charge in [0.1, 0.15) is 23.9 Å². The van der Waals surface area contributed by atoms with Crippen LogP contribution in [0.25, 0.3) is 17.0 Å². The molecule has 0 aromatic carbocycles. The molecule has 0 bridgehead atoms. The lowest BCUT2D eigenvalue weighted by Crippen LogP contribution is -2.37. The number of fused-ring (bicyclic) bond motifs is 2. The Kier molecular flexibility index (Phi) is 12.4. The van der Waals surface area contributed by atoms with Gasteiger partial charge in [-0.2, -0.15) is 28.4 Å². The number of imidazole rings is 1. The number of alkyl halides is 5. The second-order valence-corrected chi connectivity index (χ2v) is 17.8. The number of H-pyrrole nitrogens is 2. The molecule has 6 N–H and O–H groups in total. The van der Waals surface area contributed by atoms with Crippen molar-refractivity contribution in [2.75, 3.05) is 23.8 Å². The largest absolute Gasteiger partial charge is 0.467 e. The number of amides is 2. The molecule has 1 saturated heterocycles. The van der Waals surface area contributed by atoms with Gasteiger partial charge in [0.2, 0.25) is 11.7 Å². The van der Waals surface area contributed by atoms with Crippen molar-refractivity contribution < 1.29 is 55.2 Å². The lowest BCUT2D eigenvalue weighted by Gasteiger charge is -2.16. The number of carbonyl (C=O) groups is 2. The molecule has 8 rings (SSSR count). The van der Waals surface area contributed by atoms with E-state index in [2.05, 4.69) is 46.5 Å². The molecule has 0 radical (unpaired) electrons. The number of rotatable bonds is 13. The van der Waals surface area contributed by atoms with E-state index in [-0.39, 0.29) is 71.8 Å². The van der Waals surface area contributed by atoms with Crippen LogP contribution in [-0.2, 0) is 19.6 Å². The highest BCUT2D eigenvalue weighted by Gasteiger charge is 2.43. The van der Waals surface area contributed by atoms with Gasteiger partial charge in [-0.05, 0) is 46.6 Å². The zero-order valence-corrected chi connectivity index (χ0v) is 36.9. The van der Waals surface area contributed by atoms with E-state index >= 15 is 8.78 Å². The van der Waals surface area contributed by atoms with Crippen molar-refractivity contribution >= 4 is 46.8 Å². The second-order valence-electron chi connectivity index (χ2n) is 17.8. The fraction of sp³-hybridized carbons (Fsp3) is 0.512. The number of nitrogens with zero attached hydrogens (tertiary/aromatic N) is 8. The van der Waals surface area contributed by atoms with Crippen molar-refractivity contribution in [3.8, 4) is 11.7 Å². The topological polar surface area (TPSA) is 228 Å². The van der Waals surface area contributed by atoms with E-state index in [4.69, 9.17) is 29.0 Å². The Morgan fingerprint density at radius 3 is 2.38 bits per heavy atom. The summed E-state index contributed by atoms with van der Waals surface area (Å²) in [7, 11) is 0. The normalized spacial score (nSPS) is 21.2. The summed E-state index contributed by atoms with van der Waals surface area (Å²) in [5, 5.41) is 26.5. The number of alkyl carbamates (subject to hydrolysis) is 2. The van der Waals surface area contributed by atoms with E-state index in [0.717, 1.165) is 5.69 Å². The first kappa shape index (κ1) is 45.8. The minimum absolute atomic E-state index is 0.00829. The highest BCUT2D eigenvalue weighted by molar-refractivity contribution is 5.72.